The fraction of sp³-hybridized carbons (Fsp3) is 0.400. The second-order valence-corrected chi connectivity index (χ2v) is 1.83. The van der Waals surface area contributed by atoms with Crippen LogP contribution in [0.2, 0.25) is 0 Å². The molecule has 0 amide bonds. The molecule has 0 aliphatic rings. The minimum absolute atomic E-state index is 0.0926. The number of carbonyl (C=O) groups is 1. The lowest BCUT2D eigenvalue weighted by atomic mass is 10.4. The zero-order chi connectivity index (χ0) is 6.73. The average molecular weight is 135 g/mol. The van der Waals surface area contributed by atoms with Gasteiger partial charge in [-0.3, -0.25) is 4.79 Å². The molecule has 0 fully saturated rings. The molecule has 0 saturated heterocycles. The summed E-state index contributed by atoms with van der Waals surface area (Å²) in [6.07, 6.45) is 0. The highest BCUT2D eigenvalue weighted by molar-refractivity contribution is 6.42. The van der Waals surface area contributed by atoms with E-state index in [0.717, 1.165) is 0 Å². The Kier molecular flexibility index (Phi) is 2.55. The molecule has 0 radical (unpaired) electrons. The Balaban J connectivity index is 4.23. The van der Waals surface area contributed by atoms with Gasteiger partial charge in [-0.1, -0.05) is 11.6 Å². The van der Waals surface area contributed by atoms with Crippen LogP contribution in [0, 0.1) is 0 Å². The van der Waals surface area contributed by atoms with Gasteiger partial charge < -0.3 is 5.11 Å². The van der Waals surface area contributed by atoms with Crippen LogP contribution >= 0.6 is 11.6 Å². The molecule has 1 N–H and O–H groups in total. The van der Waals surface area contributed by atoms with Gasteiger partial charge in [0.25, 0.3) is 0 Å². The van der Waals surface area contributed by atoms with Crippen molar-refractivity contribution in [3.8, 4) is 0 Å². The van der Waals surface area contributed by atoms with Crippen molar-refractivity contribution in [1.82, 2.24) is 0 Å². The lowest BCUT2D eigenvalue weighted by Crippen LogP contribution is -1.91. The van der Waals surface area contributed by atoms with E-state index >= 15 is 0 Å². The normalized spacial score (nSPS) is 12.9. The summed E-state index contributed by atoms with van der Waals surface area (Å²) in [4.78, 5) is 10.2. The highest BCUT2D eigenvalue weighted by Crippen LogP contribution is 2.06. The minimum atomic E-state index is -0.313. The maximum Gasteiger partial charge on any atom is 0.174 e. The second kappa shape index (κ2) is 2.72. The molecule has 3 heteroatoms. The lowest BCUT2D eigenvalue weighted by molar-refractivity contribution is -0.113. The number of halogens is 1. The molecule has 0 unspecified atom stereocenters. The number of ketones is 1. The topological polar surface area (TPSA) is 37.3 Å². The summed E-state index contributed by atoms with van der Waals surface area (Å²) in [6, 6.07) is 0. The summed E-state index contributed by atoms with van der Waals surface area (Å²) >= 11 is 5.23. The first-order valence-corrected chi connectivity index (χ1v) is 2.49. The number of allylic oxidation sites excluding steroid dienone is 2. The van der Waals surface area contributed by atoms with E-state index in [1.807, 2.05) is 0 Å². The zero-order valence-electron chi connectivity index (χ0n) is 4.73. The molecular formula is C5H7ClO2. The Hall–Kier alpha value is -0.500. The molecule has 0 atom stereocenters. The molecular weight excluding hydrogens is 128 g/mol. The van der Waals surface area contributed by atoms with E-state index in [9.17, 15) is 4.79 Å². The van der Waals surface area contributed by atoms with Gasteiger partial charge in [-0.25, -0.2) is 0 Å². The van der Waals surface area contributed by atoms with Crippen molar-refractivity contribution >= 4 is 17.4 Å². The predicted molar refractivity (Wildman–Crippen MR) is 31.9 cm³/mol. The van der Waals surface area contributed by atoms with Crippen molar-refractivity contribution in [3.05, 3.63) is 10.8 Å². The Morgan fingerprint density at radius 1 is 1.50 bits per heavy atom. The van der Waals surface area contributed by atoms with Crippen molar-refractivity contribution < 1.29 is 9.90 Å². The number of Topliss-reactive ketones (excluding diaryl/α,β-unsaturated/α-hetero) is 1. The summed E-state index contributed by atoms with van der Waals surface area (Å²) in [7, 11) is 0. The maximum absolute atomic E-state index is 10.2. The number of aliphatic hydroxyl groups is 1. The molecule has 0 spiro atoms. The van der Waals surface area contributed by atoms with Crippen molar-refractivity contribution in [2.24, 2.45) is 0 Å². The Labute approximate surface area is 52.8 Å². The summed E-state index contributed by atoms with van der Waals surface area (Å²) in [5.74, 6) is -0.439. The van der Waals surface area contributed by atoms with E-state index in [1.165, 1.54) is 13.8 Å². The third-order valence-electron chi connectivity index (χ3n) is 0.627. The summed E-state index contributed by atoms with van der Waals surface area (Å²) in [6.45, 7) is 2.66. The molecule has 0 rings (SSSR count). The zero-order valence-corrected chi connectivity index (χ0v) is 5.49. The van der Waals surface area contributed by atoms with Crippen molar-refractivity contribution in [2.45, 2.75) is 13.8 Å². The van der Waals surface area contributed by atoms with Gasteiger partial charge in [-0.2, -0.15) is 0 Å². The highest BCUT2D eigenvalue weighted by Gasteiger charge is 2.01. The number of hydrogen-bond acceptors (Lipinski definition) is 2. The molecule has 2 nitrogen and oxygen atoms in total. The van der Waals surface area contributed by atoms with E-state index in [1.54, 1.807) is 0 Å². The first kappa shape index (κ1) is 7.50. The maximum atomic E-state index is 10.2. The van der Waals surface area contributed by atoms with Gasteiger partial charge in [0, 0.05) is 6.92 Å². The first-order valence-electron chi connectivity index (χ1n) is 2.12. The third kappa shape index (κ3) is 1.98. The molecule has 0 heterocycles. The molecule has 0 aromatic heterocycles. The van der Waals surface area contributed by atoms with Crippen LogP contribution in [0.15, 0.2) is 10.8 Å². The lowest BCUT2D eigenvalue weighted by Gasteiger charge is -1.90. The van der Waals surface area contributed by atoms with Gasteiger partial charge in [0.15, 0.2) is 5.78 Å². The molecule has 0 aromatic rings. The van der Waals surface area contributed by atoms with E-state index in [2.05, 4.69) is 0 Å². The van der Waals surface area contributed by atoms with E-state index in [0.29, 0.717) is 0 Å². The van der Waals surface area contributed by atoms with Crippen LogP contribution in [0.25, 0.3) is 0 Å². The van der Waals surface area contributed by atoms with E-state index in [-0.39, 0.29) is 16.6 Å². The van der Waals surface area contributed by atoms with Crippen molar-refractivity contribution in [1.29, 1.82) is 0 Å². The van der Waals surface area contributed by atoms with Gasteiger partial charge in [-0.05, 0) is 6.92 Å². The van der Waals surface area contributed by atoms with Crippen LogP contribution in [-0.4, -0.2) is 10.9 Å². The third-order valence-corrected chi connectivity index (χ3v) is 1.17. The summed E-state index contributed by atoms with van der Waals surface area (Å²) in [5, 5.41) is 8.43. The van der Waals surface area contributed by atoms with Gasteiger partial charge in [0.2, 0.25) is 0 Å². The second-order valence-electron chi connectivity index (χ2n) is 1.46. The summed E-state index contributed by atoms with van der Waals surface area (Å²) in [5.41, 5.74) is 0. The first-order chi connectivity index (χ1) is 3.55. The fourth-order valence-corrected chi connectivity index (χ4v) is 0.255. The minimum Gasteiger partial charge on any atom is -0.511 e. The average Bonchev–Trinajstić information content (AvgIpc) is 1.64. The number of carbonyl (C=O) groups excluding carboxylic acids is 1. The standard InChI is InChI=1S/C5H7ClO2/c1-3(7)5(6)4(2)8/h7H,1-2H3/b5-3+. The van der Waals surface area contributed by atoms with Crippen LogP contribution in [0.3, 0.4) is 0 Å². The van der Waals surface area contributed by atoms with Crippen LogP contribution in [-0.2, 0) is 4.79 Å². The fourth-order valence-electron chi connectivity index (χ4n) is 0.255. The molecule has 0 bridgehead atoms. The van der Waals surface area contributed by atoms with Crippen molar-refractivity contribution in [3.63, 3.8) is 0 Å². The van der Waals surface area contributed by atoms with Crippen LogP contribution in [0.1, 0.15) is 13.8 Å². The van der Waals surface area contributed by atoms with Gasteiger partial charge in [0.05, 0.1) is 0 Å². The van der Waals surface area contributed by atoms with Crippen LogP contribution < -0.4 is 0 Å². The van der Waals surface area contributed by atoms with Gasteiger partial charge in [0.1, 0.15) is 10.8 Å². The van der Waals surface area contributed by atoms with Gasteiger partial charge in [-0.15, -0.1) is 0 Å². The Morgan fingerprint density at radius 3 is 1.88 bits per heavy atom. The van der Waals surface area contributed by atoms with E-state index < -0.39 is 0 Å². The predicted octanol–water partition coefficient (Wildman–Crippen LogP) is 1.60. The summed E-state index contributed by atoms with van der Waals surface area (Å²) < 4.78 is 0. The van der Waals surface area contributed by atoms with Crippen molar-refractivity contribution in [2.75, 3.05) is 0 Å². The SMILES string of the molecule is CC(=O)/C(Cl)=C(/C)O. The Bertz CT molecular complexity index is 133. The highest BCUT2D eigenvalue weighted by atomic mass is 35.5. The monoisotopic (exact) mass is 134 g/mol. The number of hydrogen-bond donors (Lipinski definition) is 1. The number of rotatable bonds is 1. The molecule has 0 aliphatic carbocycles. The van der Waals surface area contributed by atoms with Crippen LogP contribution in [0.4, 0.5) is 0 Å². The van der Waals surface area contributed by atoms with Crippen LogP contribution in [0.5, 0.6) is 0 Å². The van der Waals surface area contributed by atoms with Gasteiger partial charge >= 0.3 is 0 Å². The Morgan fingerprint density at radius 2 is 1.88 bits per heavy atom. The molecule has 46 valence electrons. The molecule has 0 saturated carbocycles. The molecule has 0 aromatic carbocycles. The molecule has 8 heavy (non-hydrogen) atoms. The number of aliphatic hydroxyl groups excluding tert-OH is 1. The molecule has 0 aliphatic heterocycles. The quantitative estimate of drug-likeness (QED) is 0.437. The largest absolute Gasteiger partial charge is 0.511 e. The smallest absolute Gasteiger partial charge is 0.174 e. The van der Waals surface area contributed by atoms with E-state index in [4.69, 9.17) is 16.7 Å².